The molecule has 2 amide bonds. The van der Waals surface area contributed by atoms with Crippen molar-refractivity contribution in [3.05, 3.63) is 16.0 Å². The first-order valence-corrected chi connectivity index (χ1v) is 10.5. The lowest BCUT2D eigenvalue weighted by molar-refractivity contribution is -0.475. The summed E-state index contributed by atoms with van der Waals surface area (Å²) in [5.74, 6) is -41.7. The van der Waals surface area contributed by atoms with Crippen molar-refractivity contribution in [2.45, 2.75) is 73.8 Å². The number of rotatable bonds is 3. The fourth-order valence-electron chi connectivity index (χ4n) is 3.96. The maximum atomic E-state index is 15.0. The van der Waals surface area contributed by atoms with Gasteiger partial charge in [-0.1, -0.05) is 12.8 Å². The van der Waals surface area contributed by atoms with Crippen LogP contribution < -0.4 is 11.1 Å². The first-order chi connectivity index (χ1) is 15.3. The molecule has 1 saturated carbocycles. The first kappa shape index (κ1) is 26.5. The highest BCUT2D eigenvalue weighted by atomic mass is 32.1. The second-order valence-corrected chi connectivity index (χ2v) is 9.08. The van der Waals surface area contributed by atoms with Gasteiger partial charge in [-0.15, -0.1) is 11.3 Å². The van der Waals surface area contributed by atoms with Crippen LogP contribution in [0.4, 0.5) is 53.3 Å². The van der Waals surface area contributed by atoms with Gasteiger partial charge in [0.1, 0.15) is 5.00 Å². The quantitative estimate of drug-likeness (QED) is 0.516. The summed E-state index contributed by atoms with van der Waals surface area (Å²) in [6, 6.07) is 0. The SMILES string of the molecule is NC(=O)c1c(NC(=O)C2(F)C(F)(F)C(F)(F)C(F)(F)C(F)(F)C2(F)F)sc2c1CCCCCC2. The van der Waals surface area contributed by atoms with Crippen LogP contribution in [0.5, 0.6) is 0 Å². The topological polar surface area (TPSA) is 72.2 Å². The molecule has 2 aliphatic rings. The molecule has 1 aromatic heterocycles. The Morgan fingerprint density at radius 2 is 1.15 bits per heavy atom. The summed E-state index contributed by atoms with van der Waals surface area (Å²) in [6.07, 6.45) is 2.75. The van der Waals surface area contributed by atoms with Gasteiger partial charge < -0.3 is 11.1 Å². The molecule has 0 bridgehead atoms. The number of fused-ring (bicyclic) bond motifs is 1. The summed E-state index contributed by atoms with van der Waals surface area (Å²) in [7, 11) is 0. The minimum absolute atomic E-state index is 0.134. The Bertz CT molecular complexity index is 992. The zero-order chi connectivity index (χ0) is 26.1. The van der Waals surface area contributed by atoms with Gasteiger partial charge in [-0.05, 0) is 31.2 Å². The Hall–Kier alpha value is -2.13. The molecule has 3 rings (SSSR count). The van der Waals surface area contributed by atoms with Crippen LogP contribution in [0.1, 0.15) is 46.5 Å². The van der Waals surface area contributed by atoms with E-state index < -0.39 is 57.7 Å². The van der Waals surface area contributed by atoms with E-state index in [1.54, 1.807) is 0 Å². The van der Waals surface area contributed by atoms with E-state index in [1.165, 1.54) is 0 Å². The minimum atomic E-state index is -7.43. The number of halogens is 11. The molecule has 1 heterocycles. The lowest BCUT2D eigenvalue weighted by Gasteiger charge is -2.51. The monoisotopic (exact) mass is 532 g/mol. The molecular formula is C18H15F11N2O2S. The molecule has 0 radical (unpaired) electrons. The molecule has 3 N–H and O–H groups in total. The van der Waals surface area contributed by atoms with Crippen molar-refractivity contribution < 1.29 is 57.9 Å². The number of alkyl halides is 11. The number of carbonyl (C=O) groups excluding carboxylic acids is 2. The standard InChI is InChI=1S/C18H15F11N2O2S/c19-13(14(20,21)16(24,25)18(28,29)17(26,27)15(13,22)23)12(33)31-11-9(10(30)32)7-5-3-1-2-4-6-8(7)34-11/h1-6H2,(H2,30,32)(H,31,33). The lowest BCUT2D eigenvalue weighted by Crippen LogP contribution is -2.86. The smallest absolute Gasteiger partial charge is 0.365 e. The van der Waals surface area contributed by atoms with Crippen LogP contribution in [0.2, 0.25) is 0 Å². The highest BCUT2D eigenvalue weighted by Crippen LogP contribution is 2.69. The van der Waals surface area contributed by atoms with E-state index in [1.807, 2.05) is 0 Å². The molecular weight excluding hydrogens is 517 g/mol. The number of amides is 2. The van der Waals surface area contributed by atoms with Gasteiger partial charge in [-0.2, -0.15) is 43.9 Å². The highest BCUT2D eigenvalue weighted by molar-refractivity contribution is 7.17. The molecule has 4 nitrogen and oxygen atoms in total. The second-order valence-electron chi connectivity index (χ2n) is 7.97. The molecule has 0 saturated heterocycles. The second kappa shape index (κ2) is 7.68. The molecule has 0 aromatic carbocycles. The predicted octanol–water partition coefficient (Wildman–Crippen LogP) is 5.34. The molecule has 34 heavy (non-hydrogen) atoms. The molecule has 0 unspecified atom stereocenters. The Morgan fingerprint density at radius 1 is 0.706 bits per heavy atom. The van der Waals surface area contributed by atoms with Crippen molar-refractivity contribution >= 4 is 28.2 Å². The summed E-state index contributed by atoms with van der Waals surface area (Å²) >= 11 is 0.391. The van der Waals surface area contributed by atoms with Crippen molar-refractivity contribution in [1.29, 1.82) is 0 Å². The lowest BCUT2D eigenvalue weighted by atomic mass is 9.71. The highest BCUT2D eigenvalue weighted by Gasteiger charge is 3.02. The zero-order valence-corrected chi connectivity index (χ0v) is 17.5. The van der Waals surface area contributed by atoms with Gasteiger partial charge in [0.05, 0.1) is 5.56 Å². The summed E-state index contributed by atoms with van der Waals surface area (Å²) in [5.41, 5.74) is -2.15. The average molecular weight is 532 g/mol. The third-order valence-electron chi connectivity index (χ3n) is 5.90. The zero-order valence-electron chi connectivity index (χ0n) is 16.7. The van der Waals surface area contributed by atoms with Crippen LogP contribution in [-0.4, -0.2) is 47.1 Å². The summed E-state index contributed by atoms with van der Waals surface area (Å²) in [5, 5.41) is 0.113. The van der Waals surface area contributed by atoms with Crippen molar-refractivity contribution in [2.75, 3.05) is 5.32 Å². The molecule has 1 aromatic rings. The van der Waals surface area contributed by atoms with Gasteiger partial charge >= 0.3 is 35.3 Å². The third-order valence-corrected chi connectivity index (χ3v) is 7.11. The van der Waals surface area contributed by atoms with Crippen molar-refractivity contribution in [1.82, 2.24) is 0 Å². The number of aryl methyl sites for hydroxylation is 1. The maximum absolute atomic E-state index is 15.0. The van der Waals surface area contributed by atoms with E-state index in [0.717, 1.165) is 11.7 Å². The van der Waals surface area contributed by atoms with Gasteiger partial charge in [-0.25, -0.2) is 4.39 Å². The number of primary amides is 1. The Balaban J connectivity index is 2.16. The molecule has 1 fully saturated rings. The predicted molar refractivity (Wildman–Crippen MR) is 95.9 cm³/mol. The van der Waals surface area contributed by atoms with Crippen LogP contribution in [0.3, 0.4) is 0 Å². The van der Waals surface area contributed by atoms with Crippen LogP contribution in [-0.2, 0) is 17.6 Å². The maximum Gasteiger partial charge on any atom is 0.384 e. The summed E-state index contributed by atoms with van der Waals surface area (Å²) < 4.78 is 153. The minimum Gasteiger partial charge on any atom is -0.365 e. The van der Waals surface area contributed by atoms with Crippen LogP contribution in [0.15, 0.2) is 0 Å². The van der Waals surface area contributed by atoms with Gasteiger partial charge in [0.25, 0.3) is 11.8 Å². The van der Waals surface area contributed by atoms with E-state index in [0.29, 0.717) is 35.5 Å². The van der Waals surface area contributed by atoms with E-state index in [4.69, 9.17) is 5.73 Å². The van der Waals surface area contributed by atoms with Crippen molar-refractivity contribution in [3.8, 4) is 0 Å². The molecule has 192 valence electrons. The third kappa shape index (κ3) is 3.02. The van der Waals surface area contributed by atoms with Crippen LogP contribution >= 0.6 is 11.3 Å². The Labute approximate surface area is 187 Å². The fourth-order valence-corrected chi connectivity index (χ4v) is 5.25. The van der Waals surface area contributed by atoms with E-state index in [2.05, 4.69) is 0 Å². The number of anilines is 1. The number of hydrogen-bond donors (Lipinski definition) is 2. The molecule has 0 spiro atoms. The van der Waals surface area contributed by atoms with E-state index >= 15 is 0 Å². The molecule has 16 heteroatoms. The molecule has 0 atom stereocenters. The summed E-state index contributed by atoms with van der Waals surface area (Å²) in [6.45, 7) is 0. The Morgan fingerprint density at radius 3 is 1.62 bits per heavy atom. The van der Waals surface area contributed by atoms with Crippen molar-refractivity contribution in [2.24, 2.45) is 5.73 Å². The average Bonchev–Trinajstić information content (AvgIpc) is 3.01. The molecule has 0 aliphatic heterocycles. The fraction of sp³-hybridized carbons (Fsp3) is 0.667. The van der Waals surface area contributed by atoms with Crippen LogP contribution in [0, 0.1) is 0 Å². The largest absolute Gasteiger partial charge is 0.384 e. The number of thiophene rings is 1. The normalized spacial score (nSPS) is 26.0. The number of nitrogens with two attached hydrogens (primary N) is 1. The number of hydrogen-bond acceptors (Lipinski definition) is 3. The molecule has 2 aliphatic carbocycles. The van der Waals surface area contributed by atoms with Crippen molar-refractivity contribution in [3.63, 3.8) is 0 Å². The first-order valence-electron chi connectivity index (χ1n) is 9.64. The van der Waals surface area contributed by atoms with Gasteiger partial charge in [0.15, 0.2) is 0 Å². The van der Waals surface area contributed by atoms with E-state index in [9.17, 15) is 57.9 Å². The Kier molecular flexibility index (Phi) is 5.98. The van der Waals surface area contributed by atoms with Gasteiger partial charge in [-0.3, -0.25) is 9.59 Å². The van der Waals surface area contributed by atoms with E-state index in [-0.39, 0.29) is 18.4 Å². The van der Waals surface area contributed by atoms with Gasteiger partial charge in [0.2, 0.25) is 0 Å². The number of carbonyl (C=O) groups is 2. The summed E-state index contributed by atoms with van der Waals surface area (Å²) in [4.78, 5) is 24.4. The number of nitrogens with one attached hydrogen (secondary N) is 1. The van der Waals surface area contributed by atoms with Crippen LogP contribution in [0.25, 0.3) is 0 Å². The van der Waals surface area contributed by atoms with Gasteiger partial charge in [0, 0.05) is 4.88 Å².